The van der Waals surface area contributed by atoms with Crippen molar-refractivity contribution < 1.29 is 17.2 Å². The Bertz CT molecular complexity index is 921. The zero-order valence-electron chi connectivity index (χ0n) is 13.5. The lowest BCUT2D eigenvalue weighted by Crippen LogP contribution is -2.23. The molecule has 1 aliphatic rings. The van der Waals surface area contributed by atoms with E-state index in [0.717, 1.165) is 0 Å². The van der Waals surface area contributed by atoms with Crippen LogP contribution in [0.4, 0.5) is 4.39 Å². The summed E-state index contributed by atoms with van der Waals surface area (Å²) < 4.78 is 44.0. The van der Waals surface area contributed by atoms with E-state index in [1.54, 1.807) is 24.1 Å². The van der Waals surface area contributed by atoms with Gasteiger partial charge in [0, 0.05) is 17.1 Å². The molecule has 2 heterocycles. The highest BCUT2D eigenvalue weighted by Gasteiger charge is 2.32. The van der Waals surface area contributed by atoms with Crippen molar-refractivity contribution in [2.24, 2.45) is 0 Å². The van der Waals surface area contributed by atoms with Crippen molar-refractivity contribution in [2.45, 2.75) is 25.6 Å². The zero-order chi connectivity index (χ0) is 18.2. The van der Waals surface area contributed by atoms with Crippen molar-refractivity contribution in [3.63, 3.8) is 0 Å². The average Bonchev–Trinajstić information content (AvgIpc) is 3.06. The predicted octanol–water partition coefficient (Wildman–Crippen LogP) is 2.99. The van der Waals surface area contributed by atoms with E-state index in [9.17, 15) is 12.8 Å². The van der Waals surface area contributed by atoms with Crippen LogP contribution in [0.2, 0.25) is 5.02 Å². The molecule has 3 rings (SSSR count). The third kappa shape index (κ3) is 4.28. The number of aromatic nitrogens is 2. The Hall–Kier alpha value is -1.29. The highest BCUT2D eigenvalue weighted by atomic mass is 35.5. The molecule has 0 aliphatic carbocycles. The molecule has 6 nitrogen and oxygen atoms in total. The van der Waals surface area contributed by atoms with Crippen LogP contribution >= 0.6 is 23.8 Å². The van der Waals surface area contributed by atoms with Crippen molar-refractivity contribution >= 4 is 33.7 Å². The number of hydrogen-bond acceptors (Lipinski definition) is 6. The lowest BCUT2D eigenvalue weighted by atomic mass is 10.1. The van der Waals surface area contributed by atoms with E-state index in [1.165, 1.54) is 10.7 Å². The molecule has 0 amide bonds. The molecule has 0 bridgehead atoms. The molecule has 2 aromatic rings. The van der Waals surface area contributed by atoms with Gasteiger partial charge in [0.1, 0.15) is 5.82 Å². The monoisotopic (exact) mass is 405 g/mol. The molecule has 10 heteroatoms. The molecule has 1 aliphatic heterocycles. The summed E-state index contributed by atoms with van der Waals surface area (Å²) >= 11 is 11.2. The van der Waals surface area contributed by atoms with Gasteiger partial charge >= 0.3 is 0 Å². The summed E-state index contributed by atoms with van der Waals surface area (Å²) in [4.78, 5) is 1.95. The van der Waals surface area contributed by atoms with Crippen LogP contribution in [0.3, 0.4) is 0 Å². The molecule has 136 valence electrons. The molecule has 1 aromatic carbocycles. The molecule has 1 atom stereocenters. The first-order valence-electron chi connectivity index (χ1n) is 7.65. The van der Waals surface area contributed by atoms with Gasteiger partial charge in [-0.25, -0.2) is 17.5 Å². The standard InChI is InChI=1S/C15H17ClFN3O3S2/c1-19(7-11-12(16)3-2-4-13(11)17)9-20-15(24)23-14(18-20)10-5-6-25(21,22)8-10/h2-4,10H,5-9H2,1H3/t10-/m1/s1. The van der Waals surface area contributed by atoms with E-state index < -0.39 is 9.84 Å². The van der Waals surface area contributed by atoms with Crippen molar-refractivity contribution in [3.05, 3.63) is 45.3 Å². The maximum Gasteiger partial charge on any atom is 0.288 e. The van der Waals surface area contributed by atoms with Crippen LogP contribution in [-0.2, 0) is 23.1 Å². The molecular weight excluding hydrogens is 389 g/mol. The fourth-order valence-corrected chi connectivity index (χ4v) is 4.94. The van der Waals surface area contributed by atoms with Gasteiger partial charge < -0.3 is 4.42 Å². The summed E-state index contributed by atoms with van der Waals surface area (Å²) in [6.07, 6.45) is 0.484. The molecule has 1 aromatic heterocycles. The van der Waals surface area contributed by atoms with Gasteiger partial charge in [0.15, 0.2) is 9.84 Å². The second-order valence-corrected chi connectivity index (χ2v) is 9.15. The van der Waals surface area contributed by atoms with Gasteiger partial charge in [-0.15, -0.1) is 5.10 Å². The summed E-state index contributed by atoms with van der Waals surface area (Å²) in [6.45, 7) is 0.541. The van der Waals surface area contributed by atoms with Crippen molar-refractivity contribution in [2.75, 3.05) is 18.6 Å². The summed E-state index contributed by atoms with van der Waals surface area (Å²) in [7, 11) is -1.25. The Kier molecular flexibility index (Phi) is 5.29. The van der Waals surface area contributed by atoms with Crippen molar-refractivity contribution in [1.29, 1.82) is 0 Å². The van der Waals surface area contributed by atoms with Crippen LogP contribution in [0.5, 0.6) is 0 Å². The van der Waals surface area contributed by atoms with E-state index in [2.05, 4.69) is 5.10 Å². The van der Waals surface area contributed by atoms with Crippen LogP contribution in [0, 0.1) is 10.7 Å². The van der Waals surface area contributed by atoms with Gasteiger partial charge in [-0.1, -0.05) is 17.7 Å². The van der Waals surface area contributed by atoms with E-state index in [-0.39, 0.29) is 41.3 Å². The minimum Gasteiger partial charge on any atom is -0.414 e. The molecule has 25 heavy (non-hydrogen) atoms. The quantitative estimate of drug-likeness (QED) is 0.712. The van der Waals surface area contributed by atoms with Gasteiger partial charge in [0.2, 0.25) is 5.89 Å². The molecule has 1 fully saturated rings. The Morgan fingerprint density at radius 2 is 2.28 bits per heavy atom. The molecule has 0 radical (unpaired) electrons. The second kappa shape index (κ2) is 7.14. The predicted molar refractivity (Wildman–Crippen MR) is 94.2 cm³/mol. The Labute approximate surface area is 155 Å². The summed E-state index contributed by atoms with van der Waals surface area (Å²) in [5.41, 5.74) is 0.392. The maximum absolute atomic E-state index is 13.9. The molecular formula is C15H17ClFN3O3S2. The highest BCUT2D eigenvalue weighted by molar-refractivity contribution is 7.91. The zero-order valence-corrected chi connectivity index (χ0v) is 15.9. The normalized spacial score (nSPS) is 19.6. The topological polar surface area (TPSA) is 68.3 Å². The van der Waals surface area contributed by atoms with Crippen LogP contribution in [0.15, 0.2) is 22.6 Å². The van der Waals surface area contributed by atoms with Crippen molar-refractivity contribution in [3.8, 4) is 0 Å². The average molecular weight is 406 g/mol. The smallest absolute Gasteiger partial charge is 0.288 e. The largest absolute Gasteiger partial charge is 0.414 e. The second-order valence-electron chi connectivity index (χ2n) is 6.16. The number of sulfone groups is 1. The minimum atomic E-state index is -3.03. The lowest BCUT2D eigenvalue weighted by Gasteiger charge is -2.17. The van der Waals surface area contributed by atoms with Crippen molar-refractivity contribution in [1.82, 2.24) is 14.7 Å². The SMILES string of the molecule is CN(Cc1c(F)cccc1Cl)Cn1nc([C@@H]2CCS(=O)(=O)C2)oc1=S. The number of benzene rings is 1. The maximum atomic E-state index is 13.9. The van der Waals surface area contributed by atoms with E-state index in [4.69, 9.17) is 28.2 Å². The summed E-state index contributed by atoms with van der Waals surface area (Å²) in [5.74, 6) is -0.135. The Balaban J connectivity index is 1.72. The van der Waals surface area contributed by atoms with Gasteiger partial charge in [0.05, 0.1) is 24.1 Å². The summed E-state index contributed by atoms with van der Waals surface area (Å²) in [5, 5.41) is 4.65. The van der Waals surface area contributed by atoms with Gasteiger partial charge in [-0.2, -0.15) is 0 Å². The van der Waals surface area contributed by atoms with Crippen LogP contribution in [0.1, 0.15) is 23.8 Å². The number of rotatable bonds is 5. The number of halogens is 2. The first-order valence-corrected chi connectivity index (χ1v) is 10.3. The number of hydrogen-bond donors (Lipinski definition) is 0. The van der Waals surface area contributed by atoms with Gasteiger partial charge in [0.25, 0.3) is 4.84 Å². The van der Waals surface area contributed by atoms with Crippen LogP contribution in [0.25, 0.3) is 0 Å². The minimum absolute atomic E-state index is 0.0307. The van der Waals surface area contributed by atoms with Crippen LogP contribution < -0.4 is 0 Å². The lowest BCUT2D eigenvalue weighted by molar-refractivity contribution is 0.238. The van der Waals surface area contributed by atoms with E-state index >= 15 is 0 Å². The number of nitrogens with zero attached hydrogens (tertiary/aromatic N) is 3. The summed E-state index contributed by atoms with van der Waals surface area (Å²) in [6, 6.07) is 4.54. The first-order chi connectivity index (χ1) is 11.7. The molecule has 0 spiro atoms. The van der Waals surface area contributed by atoms with Gasteiger partial charge in [-0.05, 0) is 37.8 Å². The molecule has 0 N–H and O–H groups in total. The first kappa shape index (κ1) is 18.5. The third-order valence-corrected chi connectivity index (χ3v) is 6.48. The fraction of sp³-hybridized carbons (Fsp3) is 0.467. The molecule has 1 saturated heterocycles. The Morgan fingerprint density at radius 1 is 1.52 bits per heavy atom. The fourth-order valence-electron chi connectivity index (χ4n) is 2.80. The molecule has 0 unspecified atom stereocenters. The van der Waals surface area contributed by atoms with E-state index in [0.29, 0.717) is 22.9 Å². The third-order valence-electron chi connectivity index (χ3n) is 4.07. The molecule has 0 saturated carbocycles. The van der Waals surface area contributed by atoms with Gasteiger partial charge in [-0.3, -0.25) is 4.90 Å². The van der Waals surface area contributed by atoms with E-state index in [1.807, 2.05) is 0 Å². The Morgan fingerprint density at radius 3 is 2.92 bits per heavy atom. The highest BCUT2D eigenvalue weighted by Crippen LogP contribution is 2.28. The van der Waals surface area contributed by atoms with Crippen LogP contribution in [-0.4, -0.2) is 41.7 Å².